The van der Waals surface area contributed by atoms with E-state index in [2.05, 4.69) is 25.8 Å². The Bertz CT molecular complexity index is 1020. The number of carbonyl (C=O) groups excluding carboxylic acids is 3. The summed E-state index contributed by atoms with van der Waals surface area (Å²) in [5, 5.41) is 12.6. The molecule has 2 aliphatic heterocycles. The maximum Gasteiger partial charge on any atom is 0.344 e. The van der Waals surface area contributed by atoms with Gasteiger partial charge in [-0.2, -0.15) is 5.01 Å². The summed E-state index contributed by atoms with van der Waals surface area (Å²) in [4.78, 5) is 39.3. The molecule has 0 aliphatic carbocycles. The highest BCUT2D eigenvalue weighted by Gasteiger charge is 2.47. The molecule has 1 unspecified atom stereocenters. The van der Waals surface area contributed by atoms with E-state index in [1.165, 1.54) is 11.8 Å². The summed E-state index contributed by atoms with van der Waals surface area (Å²) in [6, 6.07) is 9.30. The quantitative estimate of drug-likeness (QED) is 0.430. The van der Waals surface area contributed by atoms with Crippen LogP contribution >= 0.6 is 11.8 Å². The van der Waals surface area contributed by atoms with E-state index in [0.717, 1.165) is 16.5 Å². The fourth-order valence-corrected chi connectivity index (χ4v) is 4.33. The van der Waals surface area contributed by atoms with Gasteiger partial charge in [-0.15, -0.1) is 10.2 Å². The minimum absolute atomic E-state index is 0.0318. The van der Waals surface area contributed by atoms with Crippen LogP contribution in [0.3, 0.4) is 0 Å². The van der Waals surface area contributed by atoms with Crippen LogP contribution in [-0.4, -0.2) is 75.2 Å². The smallest absolute Gasteiger partial charge is 0.344 e. The van der Waals surface area contributed by atoms with Crippen molar-refractivity contribution in [3.63, 3.8) is 0 Å². The van der Waals surface area contributed by atoms with Gasteiger partial charge in [0.15, 0.2) is 5.16 Å². The molecule has 0 bridgehead atoms. The molecule has 12 heteroatoms. The fraction of sp³-hybridized carbons (Fsp3) is 0.476. The molecule has 2 fully saturated rings. The Morgan fingerprint density at radius 1 is 1.21 bits per heavy atom. The number of carbonyl (C=O) groups is 3. The molecule has 33 heavy (non-hydrogen) atoms. The van der Waals surface area contributed by atoms with Crippen LogP contribution in [0.2, 0.25) is 0 Å². The van der Waals surface area contributed by atoms with Gasteiger partial charge in [-0.05, 0) is 18.9 Å². The second kappa shape index (κ2) is 9.79. The summed E-state index contributed by atoms with van der Waals surface area (Å²) in [7, 11) is 0. The Morgan fingerprint density at radius 3 is 2.61 bits per heavy atom. The van der Waals surface area contributed by atoms with Crippen molar-refractivity contribution in [3.05, 3.63) is 35.9 Å². The molecule has 2 N–H and O–H groups in total. The third-order valence-corrected chi connectivity index (χ3v) is 6.68. The highest BCUT2D eigenvalue weighted by Crippen LogP contribution is 2.25. The molecule has 1 aromatic carbocycles. The van der Waals surface area contributed by atoms with Crippen molar-refractivity contribution in [3.8, 4) is 0 Å². The van der Waals surface area contributed by atoms with Gasteiger partial charge in [0.1, 0.15) is 5.54 Å². The molecule has 0 radical (unpaired) electrons. The van der Waals surface area contributed by atoms with Crippen molar-refractivity contribution in [2.24, 2.45) is 0 Å². The van der Waals surface area contributed by atoms with Gasteiger partial charge in [-0.1, -0.05) is 49.0 Å². The first kappa shape index (κ1) is 23.1. The lowest BCUT2D eigenvalue weighted by Gasteiger charge is -2.28. The molecular formula is C21H27N7O4S. The van der Waals surface area contributed by atoms with Crippen LogP contribution in [0.1, 0.15) is 25.8 Å². The molecule has 2 saturated heterocycles. The molecule has 11 nitrogen and oxygen atoms in total. The van der Waals surface area contributed by atoms with E-state index in [-0.39, 0.29) is 5.75 Å². The fourth-order valence-electron chi connectivity index (χ4n) is 3.60. The summed E-state index contributed by atoms with van der Waals surface area (Å²) >= 11 is 1.20. The zero-order valence-corrected chi connectivity index (χ0v) is 19.4. The van der Waals surface area contributed by atoms with Crippen LogP contribution in [0.5, 0.6) is 0 Å². The van der Waals surface area contributed by atoms with E-state index in [1.54, 1.807) is 13.8 Å². The van der Waals surface area contributed by atoms with Gasteiger partial charge in [-0.3, -0.25) is 19.6 Å². The van der Waals surface area contributed by atoms with E-state index in [0.29, 0.717) is 44.4 Å². The number of hydrazine groups is 1. The molecule has 0 spiro atoms. The van der Waals surface area contributed by atoms with Crippen molar-refractivity contribution >= 4 is 35.6 Å². The van der Waals surface area contributed by atoms with Gasteiger partial charge in [-0.25, -0.2) is 4.79 Å². The molecule has 1 atom stereocenters. The third-order valence-electron chi connectivity index (χ3n) is 5.71. The number of hydrogen-bond acceptors (Lipinski definition) is 8. The van der Waals surface area contributed by atoms with Crippen molar-refractivity contribution in [2.75, 3.05) is 37.0 Å². The molecule has 4 amide bonds. The number of nitrogens with one attached hydrogen (secondary N) is 2. The number of rotatable bonds is 8. The van der Waals surface area contributed by atoms with E-state index in [9.17, 15) is 14.4 Å². The number of aromatic nitrogens is 3. The summed E-state index contributed by atoms with van der Waals surface area (Å²) in [6.07, 6.45) is 0.422. The van der Waals surface area contributed by atoms with Crippen LogP contribution in [0, 0.1) is 0 Å². The van der Waals surface area contributed by atoms with Crippen LogP contribution in [0.4, 0.5) is 10.7 Å². The minimum atomic E-state index is -1.01. The van der Waals surface area contributed by atoms with E-state index < -0.39 is 23.4 Å². The zero-order valence-electron chi connectivity index (χ0n) is 18.6. The first-order valence-electron chi connectivity index (χ1n) is 10.8. The summed E-state index contributed by atoms with van der Waals surface area (Å²) < 4.78 is 7.42. The minimum Gasteiger partial charge on any atom is -0.378 e. The number of amides is 4. The molecular weight excluding hydrogens is 446 g/mol. The zero-order chi connectivity index (χ0) is 23.4. The van der Waals surface area contributed by atoms with Gasteiger partial charge in [0.25, 0.3) is 5.91 Å². The number of nitrogens with zero attached hydrogens (tertiary/aromatic N) is 5. The van der Waals surface area contributed by atoms with Gasteiger partial charge in [0.2, 0.25) is 11.9 Å². The Hall–Kier alpha value is -3.12. The monoisotopic (exact) mass is 473 g/mol. The van der Waals surface area contributed by atoms with E-state index >= 15 is 0 Å². The van der Waals surface area contributed by atoms with Gasteiger partial charge >= 0.3 is 6.03 Å². The van der Waals surface area contributed by atoms with Crippen LogP contribution < -0.4 is 15.6 Å². The van der Waals surface area contributed by atoms with Crippen LogP contribution in [-0.2, 0) is 20.9 Å². The maximum atomic E-state index is 12.6. The topological polar surface area (TPSA) is 122 Å². The van der Waals surface area contributed by atoms with Crippen molar-refractivity contribution in [1.82, 2.24) is 30.5 Å². The molecule has 0 saturated carbocycles. The molecule has 3 heterocycles. The van der Waals surface area contributed by atoms with Crippen LogP contribution in [0.15, 0.2) is 35.5 Å². The number of morpholine rings is 1. The second-order valence-corrected chi connectivity index (χ2v) is 8.98. The average Bonchev–Trinajstić information content (AvgIpc) is 3.32. The van der Waals surface area contributed by atoms with Crippen molar-refractivity contribution in [1.29, 1.82) is 0 Å². The number of anilines is 1. The normalized spacial score (nSPS) is 20.8. The lowest BCUT2D eigenvalue weighted by atomic mass is 10.00. The average molecular weight is 474 g/mol. The Kier molecular flexibility index (Phi) is 6.84. The molecule has 2 aromatic rings. The van der Waals surface area contributed by atoms with Gasteiger partial charge < -0.3 is 15.0 Å². The summed E-state index contributed by atoms with van der Waals surface area (Å²) in [5.41, 5.74) is 2.47. The summed E-state index contributed by atoms with van der Waals surface area (Å²) in [5.74, 6) is -0.269. The largest absolute Gasteiger partial charge is 0.378 e. The maximum absolute atomic E-state index is 12.6. The Morgan fingerprint density at radius 2 is 1.94 bits per heavy atom. The number of urea groups is 1. The van der Waals surface area contributed by atoms with E-state index in [4.69, 9.17) is 4.74 Å². The Balaban J connectivity index is 1.46. The SMILES string of the molecule is CCC1(C)NC(=O)N(NC(=O)CSc2nnc(N3CCOCC3)n2Cc2ccccc2)C1=O. The number of thioether (sulfide) groups is 1. The van der Waals surface area contributed by atoms with Crippen LogP contribution in [0.25, 0.3) is 0 Å². The Labute approximate surface area is 195 Å². The van der Waals surface area contributed by atoms with Crippen molar-refractivity contribution in [2.45, 2.75) is 37.5 Å². The molecule has 1 aromatic heterocycles. The first-order chi connectivity index (χ1) is 15.9. The second-order valence-electron chi connectivity index (χ2n) is 8.03. The number of benzene rings is 1. The molecule has 4 rings (SSSR count). The lowest BCUT2D eigenvalue weighted by molar-refractivity contribution is -0.137. The van der Waals surface area contributed by atoms with Gasteiger partial charge in [0.05, 0.1) is 25.5 Å². The molecule has 176 valence electrons. The lowest BCUT2D eigenvalue weighted by Crippen LogP contribution is -2.49. The highest BCUT2D eigenvalue weighted by atomic mass is 32.2. The highest BCUT2D eigenvalue weighted by molar-refractivity contribution is 7.99. The van der Waals surface area contributed by atoms with E-state index in [1.807, 2.05) is 34.9 Å². The third kappa shape index (κ3) is 4.96. The predicted molar refractivity (Wildman–Crippen MR) is 122 cm³/mol. The van der Waals surface area contributed by atoms with Crippen molar-refractivity contribution < 1.29 is 19.1 Å². The standard InChI is InChI=1S/C21H27N7O4S/c1-3-21(2)17(30)28(19(31)22-21)25-16(29)14-33-20-24-23-18(26-9-11-32-12-10-26)27(20)13-15-7-5-4-6-8-15/h4-8H,3,9-14H2,1-2H3,(H,22,31)(H,25,29). The van der Waals surface area contributed by atoms with Gasteiger partial charge in [0, 0.05) is 13.1 Å². The summed E-state index contributed by atoms with van der Waals surface area (Å²) in [6.45, 7) is 6.63. The predicted octanol–water partition coefficient (Wildman–Crippen LogP) is 1.01. The number of hydrogen-bond donors (Lipinski definition) is 2. The number of imide groups is 1. The number of ether oxygens (including phenoxy) is 1. The first-order valence-corrected chi connectivity index (χ1v) is 11.8. The molecule has 2 aliphatic rings.